The van der Waals surface area contributed by atoms with Crippen LogP contribution >= 0.6 is 0 Å². The molecule has 0 amide bonds. The van der Waals surface area contributed by atoms with Gasteiger partial charge in [0.05, 0.1) is 0 Å². The van der Waals surface area contributed by atoms with Crippen LogP contribution in [0.4, 0.5) is 0 Å². The molecule has 2 rings (SSSR count). The molecular weight excluding hydrogens is 230 g/mol. The summed E-state index contributed by atoms with van der Waals surface area (Å²) in [7, 11) is 0. The average molecular weight is 253 g/mol. The maximum Gasteiger partial charge on any atom is 0.0259 e. The molecule has 1 nitrogen and oxygen atoms in total. The molecule has 0 aliphatic carbocycles. The first-order valence-electron chi connectivity index (χ1n) is 7.15. The molecule has 0 saturated carbocycles. The second-order valence-corrected chi connectivity index (χ2v) is 4.89. The summed E-state index contributed by atoms with van der Waals surface area (Å²) in [5.41, 5.74) is 3.92. The van der Waals surface area contributed by atoms with E-state index >= 15 is 0 Å². The smallest absolute Gasteiger partial charge is 0.0259 e. The second kappa shape index (κ2) is 7.10. The lowest BCUT2D eigenvalue weighted by molar-refractivity contribution is 0.729. The average Bonchev–Trinajstić information content (AvgIpc) is 2.96. The van der Waals surface area contributed by atoms with Gasteiger partial charge in [-0.2, -0.15) is 0 Å². The molecule has 1 aliphatic rings. The molecule has 1 aliphatic heterocycles. The zero-order chi connectivity index (χ0) is 13.5. The standard InChI is InChI=1S/C18H23N/c1-3-9-15(4-2)18(14-17-12-8-13-19-17)16-10-6-5-7-11-16/h3-7,9-11,14,17,19H,8,12-13H2,1-2H3/b9-3-,15-4+,18-14+. The summed E-state index contributed by atoms with van der Waals surface area (Å²) in [4.78, 5) is 0. The molecule has 0 radical (unpaired) electrons. The quantitative estimate of drug-likeness (QED) is 0.787. The minimum atomic E-state index is 0.510. The lowest BCUT2D eigenvalue weighted by Gasteiger charge is -2.13. The minimum absolute atomic E-state index is 0.510. The highest BCUT2D eigenvalue weighted by atomic mass is 14.9. The minimum Gasteiger partial charge on any atom is -0.310 e. The molecule has 100 valence electrons. The van der Waals surface area contributed by atoms with Crippen molar-refractivity contribution in [2.45, 2.75) is 32.7 Å². The first-order chi connectivity index (χ1) is 9.35. The van der Waals surface area contributed by atoms with Gasteiger partial charge in [-0.05, 0) is 49.9 Å². The van der Waals surface area contributed by atoms with E-state index in [0.717, 1.165) is 6.54 Å². The molecule has 0 aromatic heterocycles. The Morgan fingerprint density at radius 1 is 1.21 bits per heavy atom. The summed E-state index contributed by atoms with van der Waals surface area (Å²) < 4.78 is 0. The third-order valence-electron chi connectivity index (χ3n) is 3.52. The Morgan fingerprint density at radius 2 is 2.00 bits per heavy atom. The first-order valence-corrected chi connectivity index (χ1v) is 7.15. The van der Waals surface area contributed by atoms with Crippen molar-refractivity contribution in [3.05, 3.63) is 65.8 Å². The highest BCUT2D eigenvalue weighted by Crippen LogP contribution is 2.26. The van der Waals surface area contributed by atoms with Gasteiger partial charge in [-0.15, -0.1) is 0 Å². The molecule has 19 heavy (non-hydrogen) atoms. The molecule has 0 bridgehead atoms. The zero-order valence-electron chi connectivity index (χ0n) is 11.9. The summed E-state index contributed by atoms with van der Waals surface area (Å²) in [5.74, 6) is 0. The van der Waals surface area contributed by atoms with E-state index in [0.29, 0.717) is 6.04 Å². The van der Waals surface area contributed by atoms with Crippen molar-refractivity contribution in [1.29, 1.82) is 0 Å². The van der Waals surface area contributed by atoms with E-state index in [1.165, 1.54) is 29.6 Å². The van der Waals surface area contributed by atoms with Crippen LogP contribution in [-0.4, -0.2) is 12.6 Å². The predicted octanol–water partition coefficient (Wildman–Crippen LogP) is 4.34. The Hall–Kier alpha value is -1.60. The van der Waals surface area contributed by atoms with Crippen LogP contribution < -0.4 is 5.32 Å². The summed E-state index contributed by atoms with van der Waals surface area (Å²) >= 11 is 0. The van der Waals surface area contributed by atoms with E-state index < -0.39 is 0 Å². The van der Waals surface area contributed by atoms with Crippen LogP contribution in [0.5, 0.6) is 0 Å². The van der Waals surface area contributed by atoms with E-state index in [2.05, 4.69) is 73.8 Å². The van der Waals surface area contributed by atoms with Crippen LogP contribution in [0.15, 0.2) is 60.2 Å². The second-order valence-electron chi connectivity index (χ2n) is 4.89. The number of nitrogens with one attached hydrogen (secondary N) is 1. The summed E-state index contributed by atoms with van der Waals surface area (Å²) in [6.07, 6.45) is 11.4. The van der Waals surface area contributed by atoms with Crippen molar-refractivity contribution in [1.82, 2.24) is 5.32 Å². The molecule has 1 aromatic carbocycles. The number of hydrogen-bond acceptors (Lipinski definition) is 1. The van der Waals surface area contributed by atoms with Crippen molar-refractivity contribution in [3.63, 3.8) is 0 Å². The fraction of sp³-hybridized carbons (Fsp3) is 0.333. The maximum absolute atomic E-state index is 3.55. The molecule has 1 heteroatoms. The number of allylic oxidation sites excluding steroid dienone is 5. The van der Waals surface area contributed by atoms with Crippen LogP contribution in [-0.2, 0) is 0 Å². The molecule has 1 unspecified atom stereocenters. The lowest BCUT2D eigenvalue weighted by atomic mass is 9.95. The monoisotopic (exact) mass is 253 g/mol. The van der Waals surface area contributed by atoms with Crippen LogP contribution in [0.1, 0.15) is 32.3 Å². The maximum atomic E-state index is 3.55. The molecule has 1 aromatic rings. The van der Waals surface area contributed by atoms with Crippen molar-refractivity contribution in [2.75, 3.05) is 6.54 Å². The lowest BCUT2D eigenvalue weighted by Crippen LogP contribution is -2.19. The van der Waals surface area contributed by atoms with Crippen LogP contribution in [0, 0.1) is 0 Å². The number of hydrogen-bond donors (Lipinski definition) is 1. The Labute approximate surface area is 116 Å². The SMILES string of the molecule is C\C=C/C(=C\C)C(=C\C1CCCN1)/c1ccccc1. The molecule has 1 heterocycles. The van der Waals surface area contributed by atoms with Gasteiger partial charge in [-0.1, -0.05) is 54.6 Å². The van der Waals surface area contributed by atoms with Gasteiger partial charge in [0.1, 0.15) is 0 Å². The Kier molecular flexibility index (Phi) is 5.17. The van der Waals surface area contributed by atoms with Gasteiger partial charge >= 0.3 is 0 Å². The van der Waals surface area contributed by atoms with E-state index in [4.69, 9.17) is 0 Å². The largest absolute Gasteiger partial charge is 0.310 e. The van der Waals surface area contributed by atoms with E-state index in [-0.39, 0.29) is 0 Å². The third-order valence-corrected chi connectivity index (χ3v) is 3.52. The van der Waals surface area contributed by atoms with Crippen molar-refractivity contribution in [2.24, 2.45) is 0 Å². The highest BCUT2D eigenvalue weighted by molar-refractivity contribution is 5.82. The molecular formula is C18H23N. The molecule has 1 saturated heterocycles. The van der Waals surface area contributed by atoms with Crippen molar-refractivity contribution in [3.8, 4) is 0 Å². The van der Waals surface area contributed by atoms with Crippen LogP contribution in [0.2, 0.25) is 0 Å². The topological polar surface area (TPSA) is 12.0 Å². The number of benzene rings is 1. The third kappa shape index (κ3) is 3.68. The van der Waals surface area contributed by atoms with Crippen LogP contribution in [0.25, 0.3) is 5.57 Å². The highest BCUT2D eigenvalue weighted by Gasteiger charge is 2.14. The van der Waals surface area contributed by atoms with Gasteiger partial charge < -0.3 is 5.32 Å². The van der Waals surface area contributed by atoms with Gasteiger partial charge in [0.2, 0.25) is 0 Å². The van der Waals surface area contributed by atoms with E-state index in [9.17, 15) is 0 Å². The van der Waals surface area contributed by atoms with Gasteiger partial charge in [0.25, 0.3) is 0 Å². The molecule has 1 fully saturated rings. The summed E-state index contributed by atoms with van der Waals surface area (Å²) in [6.45, 7) is 5.31. The van der Waals surface area contributed by atoms with Gasteiger partial charge in [-0.3, -0.25) is 0 Å². The number of rotatable bonds is 4. The van der Waals surface area contributed by atoms with Crippen LogP contribution in [0.3, 0.4) is 0 Å². The van der Waals surface area contributed by atoms with Gasteiger partial charge in [0, 0.05) is 6.04 Å². The van der Waals surface area contributed by atoms with Crippen molar-refractivity contribution < 1.29 is 0 Å². The normalized spacial score (nSPS) is 21.3. The van der Waals surface area contributed by atoms with Gasteiger partial charge in [0.15, 0.2) is 0 Å². The van der Waals surface area contributed by atoms with E-state index in [1.807, 2.05) is 0 Å². The zero-order valence-corrected chi connectivity index (χ0v) is 11.9. The van der Waals surface area contributed by atoms with E-state index in [1.54, 1.807) is 0 Å². The molecule has 0 spiro atoms. The fourth-order valence-corrected chi connectivity index (χ4v) is 2.55. The fourth-order valence-electron chi connectivity index (χ4n) is 2.55. The summed E-state index contributed by atoms with van der Waals surface area (Å²) in [5, 5.41) is 3.55. The first kappa shape index (κ1) is 13.8. The van der Waals surface area contributed by atoms with Gasteiger partial charge in [-0.25, -0.2) is 0 Å². The molecule has 1 N–H and O–H groups in total. The Bertz CT molecular complexity index is 474. The predicted molar refractivity (Wildman–Crippen MR) is 84.0 cm³/mol. The van der Waals surface area contributed by atoms with Crippen molar-refractivity contribution >= 4 is 5.57 Å². The summed E-state index contributed by atoms with van der Waals surface area (Å²) in [6, 6.07) is 11.2. The Balaban J connectivity index is 2.38. The Morgan fingerprint density at radius 3 is 2.58 bits per heavy atom. The molecule has 1 atom stereocenters.